The average Bonchev–Trinajstić information content (AvgIpc) is 3.56. The minimum atomic E-state index is 0. The topological polar surface area (TPSA) is 44.9 Å². The van der Waals surface area contributed by atoms with Crippen LogP contribution in [0.3, 0.4) is 0 Å². The summed E-state index contributed by atoms with van der Waals surface area (Å²) in [5, 5.41) is 7.43. The molecular weight excluding hydrogens is 808 g/mol. The summed E-state index contributed by atoms with van der Waals surface area (Å²) in [5.41, 5.74) is 10.7. The van der Waals surface area contributed by atoms with Gasteiger partial charge in [-0.15, -0.1) is 41.3 Å². The molecule has 6 aromatic rings. The number of hydrogen-bond acceptors (Lipinski definition) is 3. The van der Waals surface area contributed by atoms with Crippen LogP contribution >= 0.6 is 0 Å². The molecule has 6 heteroatoms. The van der Waals surface area contributed by atoms with E-state index in [0.29, 0.717) is 35.2 Å². The van der Waals surface area contributed by atoms with Crippen LogP contribution in [0.15, 0.2) is 78.5 Å². The van der Waals surface area contributed by atoms with Gasteiger partial charge in [-0.25, -0.2) is 4.98 Å². The maximum Gasteiger partial charge on any atom is 2.00 e. The number of rotatable bonds is 7. The van der Waals surface area contributed by atoms with E-state index in [9.17, 15) is 0 Å². The van der Waals surface area contributed by atoms with Crippen molar-refractivity contribution in [1.82, 2.24) is 19.3 Å². The van der Waals surface area contributed by atoms with Crippen LogP contribution in [0, 0.1) is 43.2 Å². The van der Waals surface area contributed by atoms with E-state index in [1.165, 1.54) is 34.4 Å². The van der Waals surface area contributed by atoms with Crippen molar-refractivity contribution in [2.24, 2.45) is 17.3 Å². The van der Waals surface area contributed by atoms with Crippen molar-refractivity contribution in [2.45, 2.75) is 93.9 Å². The number of aryl methyl sites for hydroxylation is 2. The molecule has 1 aliphatic rings. The van der Waals surface area contributed by atoms with Crippen LogP contribution in [0.1, 0.15) is 102 Å². The van der Waals surface area contributed by atoms with Gasteiger partial charge in [0.15, 0.2) is 0 Å². The molecule has 7 rings (SSSR count). The Kier molecular flexibility index (Phi) is 10.3. The zero-order valence-corrected chi connectivity index (χ0v) is 33.9. The van der Waals surface area contributed by atoms with Gasteiger partial charge >= 0.3 is 21.1 Å². The summed E-state index contributed by atoms with van der Waals surface area (Å²) in [6, 6.07) is 28.4. The first kappa shape index (κ1) is 36.8. The van der Waals surface area contributed by atoms with E-state index >= 15 is 0 Å². The second-order valence-electron chi connectivity index (χ2n) is 15.8. The number of benzene rings is 3. The summed E-state index contributed by atoms with van der Waals surface area (Å²) in [4.78, 5) is 4.78. The van der Waals surface area contributed by atoms with Gasteiger partial charge in [-0.2, -0.15) is 11.2 Å². The third-order valence-corrected chi connectivity index (χ3v) is 10.9. The van der Waals surface area contributed by atoms with Crippen LogP contribution in [0.25, 0.3) is 33.3 Å². The number of hydrogen-bond donors (Lipinski definition) is 0. The molecule has 5 nitrogen and oxygen atoms in total. The largest absolute Gasteiger partial charge is 2.00 e. The number of fused-ring (bicyclic) bond motifs is 3. The first-order chi connectivity index (χ1) is 23.8. The first-order valence-corrected chi connectivity index (χ1v) is 18.2. The van der Waals surface area contributed by atoms with Crippen molar-refractivity contribution in [3.8, 4) is 23.0 Å². The van der Waals surface area contributed by atoms with E-state index in [1.54, 1.807) is 0 Å². The Balaban J connectivity index is 0.00000448. The van der Waals surface area contributed by atoms with E-state index in [0.717, 1.165) is 45.4 Å². The molecular formula is C45H50N4OPt. The van der Waals surface area contributed by atoms with Crippen molar-refractivity contribution in [1.29, 1.82) is 0 Å². The Hall–Kier alpha value is -3.95. The van der Waals surface area contributed by atoms with Crippen LogP contribution in [0.2, 0.25) is 0 Å². The molecule has 3 atom stereocenters. The minimum Gasteiger partial charge on any atom is -0.509 e. The van der Waals surface area contributed by atoms with Crippen LogP contribution in [0.4, 0.5) is 0 Å². The number of pyridine rings is 1. The quantitative estimate of drug-likeness (QED) is 0.119. The fourth-order valence-corrected chi connectivity index (χ4v) is 8.07. The molecule has 266 valence electrons. The molecule has 51 heavy (non-hydrogen) atoms. The van der Waals surface area contributed by atoms with E-state index in [2.05, 4.69) is 151 Å². The zero-order chi connectivity index (χ0) is 35.5. The van der Waals surface area contributed by atoms with Crippen LogP contribution in [-0.2, 0) is 27.5 Å². The summed E-state index contributed by atoms with van der Waals surface area (Å²) in [7, 11) is 0. The Labute approximate surface area is 318 Å². The van der Waals surface area contributed by atoms with Crippen molar-refractivity contribution >= 4 is 21.8 Å². The van der Waals surface area contributed by atoms with E-state index in [1.807, 2.05) is 12.3 Å². The van der Waals surface area contributed by atoms with Gasteiger partial charge in [0.2, 0.25) is 0 Å². The molecule has 0 N–H and O–H groups in total. The Morgan fingerprint density at radius 3 is 2.41 bits per heavy atom. The number of para-hydroxylation sites is 1. The van der Waals surface area contributed by atoms with Crippen molar-refractivity contribution < 1.29 is 25.8 Å². The van der Waals surface area contributed by atoms with Gasteiger partial charge in [0.25, 0.3) is 0 Å². The predicted molar refractivity (Wildman–Crippen MR) is 206 cm³/mol. The Morgan fingerprint density at radius 1 is 0.941 bits per heavy atom. The van der Waals surface area contributed by atoms with Crippen LogP contribution in [0.5, 0.6) is 11.5 Å². The molecule has 0 bridgehead atoms. The zero-order valence-electron chi connectivity index (χ0n) is 31.7. The summed E-state index contributed by atoms with van der Waals surface area (Å²) in [5.74, 6) is 3.93. The maximum absolute atomic E-state index is 6.65. The fourth-order valence-electron chi connectivity index (χ4n) is 8.07. The molecule has 3 heterocycles. The normalized spacial score (nSPS) is 17.9. The predicted octanol–water partition coefficient (Wildman–Crippen LogP) is 11.8. The van der Waals surface area contributed by atoms with Crippen molar-refractivity contribution in [2.75, 3.05) is 0 Å². The van der Waals surface area contributed by atoms with Gasteiger partial charge in [0.05, 0.1) is 5.69 Å². The third-order valence-electron chi connectivity index (χ3n) is 10.9. The Morgan fingerprint density at radius 2 is 1.71 bits per heavy atom. The smallest absolute Gasteiger partial charge is 0.509 e. The molecule has 1 aliphatic carbocycles. The van der Waals surface area contributed by atoms with E-state index in [-0.39, 0.29) is 26.5 Å². The minimum absolute atomic E-state index is 0. The first-order valence-electron chi connectivity index (χ1n) is 18.2. The SMILES string of the molecule is CCc1ccnc(-n2c3[c-]c(Oc4[c-]c(-n5nc(C)c(C6C(C)=C[C@H](C(C)(C)C)C[C@@H]6C)c5C)cc(C(C)C)c4)ccc3c3ccccc32)c1.[Pt+2]. The van der Waals surface area contributed by atoms with Crippen molar-refractivity contribution in [3.63, 3.8) is 0 Å². The monoisotopic (exact) mass is 857 g/mol. The van der Waals surface area contributed by atoms with Gasteiger partial charge < -0.3 is 9.30 Å². The number of aromatic nitrogens is 4. The standard InChI is InChI=1S/C45H50N4O.Pt/c1-11-32-18-19-46-42(22-32)48-40-15-13-12-14-38(40)39-17-16-36(26-41(39)48)50-37-24-33(27(2)3)23-35(25-37)49-31(7)44(30(6)47-49)43-28(4)20-34(21-29(43)5)45(8,9)10;/h12-20,22-24,27,29,34,43H,11,21H2,1-10H3;/q-2;+2/t29-,34-,43?;/m0./s1. The second-order valence-corrected chi connectivity index (χ2v) is 15.8. The van der Waals surface area contributed by atoms with Gasteiger partial charge in [0, 0.05) is 40.4 Å². The van der Waals surface area contributed by atoms with Gasteiger partial charge in [0.1, 0.15) is 5.82 Å². The second kappa shape index (κ2) is 14.2. The molecule has 0 spiro atoms. The summed E-state index contributed by atoms with van der Waals surface area (Å²) >= 11 is 0. The summed E-state index contributed by atoms with van der Waals surface area (Å²) in [6.07, 6.45) is 6.55. The molecule has 0 saturated heterocycles. The molecule has 1 unspecified atom stereocenters. The van der Waals surface area contributed by atoms with Crippen molar-refractivity contribution in [3.05, 3.63) is 119 Å². The number of allylic oxidation sites excluding steroid dienone is 2. The molecule has 0 aliphatic heterocycles. The number of ether oxygens (including phenoxy) is 1. The van der Waals surface area contributed by atoms with E-state index < -0.39 is 0 Å². The summed E-state index contributed by atoms with van der Waals surface area (Å²) in [6.45, 7) is 22.8. The molecule has 0 saturated carbocycles. The van der Waals surface area contributed by atoms with Gasteiger partial charge in [-0.1, -0.05) is 83.8 Å². The molecule has 0 amide bonds. The molecule has 3 aromatic carbocycles. The van der Waals surface area contributed by atoms with Crippen LogP contribution < -0.4 is 4.74 Å². The summed E-state index contributed by atoms with van der Waals surface area (Å²) < 4.78 is 10.9. The average molecular weight is 858 g/mol. The molecule has 0 fully saturated rings. The maximum atomic E-state index is 6.65. The van der Waals surface area contributed by atoms with E-state index in [4.69, 9.17) is 14.8 Å². The van der Waals surface area contributed by atoms with Gasteiger partial charge in [-0.3, -0.25) is 4.68 Å². The Bertz CT molecular complexity index is 2250. The third kappa shape index (κ3) is 6.87. The molecule has 0 radical (unpaired) electrons. The van der Waals surface area contributed by atoms with Gasteiger partial charge in [-0.05, 0) is 91.6 Å². The molecule has 3 aromatic heterocycles. The fraction of sp³-hybridized carbons (Fsp3) is 0.378. The number of nitrogens with zero attached hydrogens (tertiary/aromatic N) is 4. The van der Waals surface area contributed by atoms with Crippen LogP contribution in [-0.4, -0.2) is 19.3 Å².